The highest BCUT2D eigenvalue weighted by atomic mass is 79.9. The maximum absolute atomic E-state index is 13.5. The van der Waals surface area contributed by atoms with E-state index in [0.29, 0.717) is 17.6 Å². The molecule has 104 valence electrons. The first kappa shape index (κ1) is 14.5. The van der Waals surface area contributed by atoms with Crippen LogP contribution in [0.25, 0.3) is 0 Å². The van der Waals surface area contributed by atoms with E-state index in [2.05, 4.69) is 26.6 Å². The van der Waals surface area contributed by atoms with Gasteiger partial charge in [-0.25, -0.2) is 4.39 Å². The first-order chi connectivity index (χ1) is 9.66. The van der Waals surface area contributed by atoms with Gasteiger partial charge in [0.2, 0.25) is 0 Å². The third-order valence-corrected chi connectivity index (χ3v) is 3.18. The number of amides is 1. The summed E-state index contributed by atoms with van der Waals surface area (Å²) < 4.78 is 14.2. The van der Waals surface area contributed by atoms with Crippen molar-refractivity contribution in [1.29, 1.82) is 0 Å². The monoisotopic (exact) mass is 336 g/mol. The molecule has 0 aliphatic carbocycles. The lowest BCUT2D eigenvalue weighted by Crippen LogP contribution is -2.29. The van der Waals surface area contributed by atoms with Crippen LogP contribution in [0.3, 0.4) is 0 Å². The molecule has 0 radical (unpaired) electrons. The number of halogens is 2. The van der Waals surface area contributed by atoms with Gasteiger partial charge in [-0.05, 0) is 30.3 Å². The molecule has 2 aromatic rings. The minimum Gasteiger partial charge on any atom is -0.383 e. The van der Waals surface area contributed by atoms with Gasteiger partial charge in [-0.2, -0.15) is 0 Å². The standard InChI is InChI=1S/C15H14BrFN2O/c16-11-6-7-14(17)13(10-11)15(20)19-9-8-18-12-4-2-1-3-5-12/h1-7,10,18H,8-9H2,(H,19,20). The van der Waals surface area contributed by atoms with Crippen molar-refractivity contribution in [3.05, 3.63) is 64.4 Å². The van der Waals surface area contributed by atoms with Crippen LogP contribution in [0.4, 0.5) is 10.1 Å². The Morgan fingerprint density at radius 1 is 1.10 bits per heavy atom. The van der Waals surface area contributed by atoms with Gasteiger partial charge in [0.05, 0.1) is 5.56 Å². The number of hydrogen-bond acceptors (Lipinski definition) is 2. The molecule has 0 heterocycles. The number of rotatable bonds is 5. The van der Waals surface area contributed by atoms with Crippen LogP contribution in [0, 0.1) is 5.82 Å². The number of nitrogens with one attached hydrogen (secondary N) is 2. The van der Waals surface area contributed by atoms with Crippen molar-refractivity contribution in [2.75, 3.05) is 18.4 Å². The number of carbonyl (C=O) groups is 1. The summed E-state index contributed by atoms with van der Waals surface area (Å²) in [4.78, 5) is 11.8. The average molecular weight is 337 g/mol. The summed E-state index contributed by atoms with van der Waals surface area (Å²) in [5.41, 5.74) is 1.02. The van der Waals surface area contributed by atoms with Crippen LogP contribution in [-0.2, 0) is 0 Å². The highest BCUT2D eigenvalue weighted by Gasteiger charge is 2.11. The minimum atomic E-state index is -0.526. The van der Waals surface area contributed by atoms with Gasteiger partial charge in [0.15, 0.2) is 0 Å². The van der Waals surface area contributed by atoms with E-state index in [4.69, 9.17) is 0 Å². The van der Waals surface area contributed by atoms with E-state index in [9.17, 15) is 9.18 Å². The van der Waals surface area contributed by atoms with Crippen molar-refractivity contribution in [2.24, 2.45) is 0 Å². The fourth-order valence-corrected chi connectivity index (χ4v) is 2.07. The Morgan fingerprint density at radius 3 is 2.60 bits per heavy atom. The number of hydrogen-bond donors (Lipinski definition) is 2. The van der Waals surface area contributed by atoms with E-state index in [-0.39, 0.29) is 5.56 Å². The van der Waals surface area contributed by atoms with Crippen LogP contribution < -0.4 is 10.6 Å². The summed E-state index contributed by atoms with van der Waals surface area (Å²) in [7, 11) is 0. The van der Waals surface area contributed by atoms with Crippen LogP contribution in [-0.4, -0.2) is 19.0 Å². The molecule has 0 aliphatic heterocycles. The van der Waals surface area contributed by atoms with Crippen molar-refractivity contribution in [1.82, 2.24) is 5.32 Å². The van der Waals surface area contributed by atoms with Gasteiger partial charge < -0.3 is 10.6 Å². The second kappa shape index (κ2) is 7.05. The van der Waals surface area contributed by atoms with Crippen LogP contribution in [0.2, 0.25) is 0 Å². The summed E-state index contributed by atoms with van der Waals surface area (Å²) in [5, 5.41) is 5.83. The molecule has 2 aromatic carbocycles. The Balaban J connectivity index is 1.82. The molecule has 0 saturated heterocycles. The molecule has 5 heteroatoms. The zero-order chi connectivity index (χ0) is 14.4. The van der Waals surface area contributed by atoms with Gasteiger partial charge in [0.1, 0.15) is 5.82 Å². The highest BCUT2D eigenvalue weighted by molar-refractivity contribution is 9.10. The maximum atomic E-state index is 13.5. The molecular weight excluding hydrogens is 323 g/mol. The summed E-state index contributed by atoms with van der Waals surface area (Å²) in [6.07, 6.45) is 0. The Morgan fingerprint density at radius 2 is 1.85 bits per heavy atom. The van der Waals surface area contributed by atoms with E-state index < -0.39 is 11.7 Å². The van der Waals surface area contributed by atoms with Gasteiger partial charge in [-0.15, -0.1) is 0 Å². The van der Waals surface area contributed by atoms with Gasteiger partial charge in [-0.1, -0.05) is 34.1 Å². The third-order valence-electron chi connectivity index (χ3n) is 2.69. The number of para-hydroxylation sites is 1. The van der Waals surface area contributed by atoms with E-state index in [1.54, 1.807) is 6.07 Å². The predicted molar refractivity (Wildman–Crippen MR) is 81.4 cm³/mol. The molecule has 0 unspecified atom stereocenters. The number of anilines is 1. The molecule has 0 atom stereocenters. The molecule has 0 aliphatic rings. The molecule has 1 amide bonds. The summed E-state index contributed by atoms with van der Waals surface area (Å²) in [6, 6.07) is 14.0. The van der Waals surface area contributed by atoms with E-state index in [1.807, 2.05) is 30.3 Å². The third kappa shape index (κ3) is 4.06. The predicted octanol–water partition coefficient (Wildman–Crippen LogP) is 3.43. The van der Waals surface area contributed by atoms with Gasteiger partial charge in [0.25, 0.3) is 5.91 Å². The van der Waals surface area contributed by atoms with Crippen molar-refractivity contribution in [3.8, 4) is 0 Å². The first-order valence-corrected chi connectivity index (χ1v) is 6.98. The Hall–Kier alpha value is -1.88. The zero-order valence-electron chi connectivity index (χ0n) is 10.7. The van der Waals surface area contributed by atoms with Crippen molar-refractivity contribution >= 4 is 27.5 Å². The van der Waals surface area contributed by atoms with Gasteiger partial charge in [-0.3, -0.25) is 4.79 Å². The molecule has 3 nitrogen and oxygen atoms in total. The molecular formula is C15H14BrFN2O. The zero-order valence-corrected chi connectivity index (χ0v) is 12.3. The van der Waals surface area contributed by atoms with Crippen molar-refractivity contribution in [2.45, 2.75) is 0 Å². The second-order valence-corrected chi connectivity index (χ2v) is 5.09. The lowest BCUT2D eigenvalue weighted by atomic mass is 10.2. The normalized spacial score (nSPS) is 10.1. The Kier molecular flexibility index (Phi) is 5.12. The Labute approximate surface area is 125 Å². The smallest absolute Gasteiger partial charge is 0.254 e. The molecule has 20 heavy (non-hydrogen) atoms. The van der Waals surface area contributed by atoms with Crippen LogP contribution in [0.1, 0.15) is 10.4 Å². The largest absolute Gasteiger partial charge is 0.383 e. The lowest BCUT2D eigenvalue weighted by molar-refractivity contribution is 0.0951. The molecule has 0 saturated carbocycles. The highest BCUT2D eigenvalue weighted by Crippen LogP contribution is 2.15. The van der Waals surface area contributed by atoms with Gasteiger partial charge in [0, 0.05) is 23.2 Å². The van der Waals surface area contributed by atoms with E-state index in [0.717, 1.165) is 5.69 Å². The molecule has 0 aromatic heterocycles. The molecule has 2 N–H and O–H groups in total. The molecule has 2 rings (SSSR count). The minimum absolute atomic E-state index is 0.0408. The summed E-state index contributed by atoms with van der Waals surface area (Å²) in [6.45, 7) is 0.991. The first-order valence-electron chi connectivity index (χ1n) is 6.19. The van der Waals surface area contributed by atoms with E-state index >= 15 is 0 Å². The number of carbonyl (C=O) groups excluding carboxylic acids is 1. The average Bonchev–Trinajstić information content (AvgIpc) is 2.47. The SMILES string of the molecule is O=C(NCCNc1ccccc1)c1cc(Br)ccc1F. The fraction of sp³-hybridized carbons (Fsp3) is 0.133. The van der Waals surface area contributed by atoms with Crippen LogP contribution >= 0.6 is 15.9 Å². The molecule has 0 bridgehead atoms. The van der Waals surface area contributed by atoms with Crippen molar-refractivity contribution < 1.29 is 9.18 Å². The van der Waals surface area contributed by atoms with E-state index in [1.165, 1.54) is 12.1 Å². The maximum Gasteiger partial charge on any atom is 0.254 e. The lowest BCUT2D eigenvalue weighted by Gasteiger charge is -2.08. The van der Waals surface area contributed by atoms with Crippen molar-refractivity contribution in [3.63, 3.8) is 0 Å². The molecule has 0 spiro atoms. The quantitative estimate of drug-likeness (QED) is 0.821. The Bertz CT molecular complexity index is 590. The topological polar surface area (TPSA) is 41.1 Å². The molecule has 0 fully saturated rings. The van der Waals surface area contributed by atoms with Crippen LogP contribution in [0.5, 0.6) is 0 Å². The second-order valence-electron chi connectivity index (χ2n) is 4.17. The summed E-state index contributed by atoms with van der Waals surface area (Å²) in [5.74, 6) is -0.944. The van der Waals surface area contributed by atoms with Gasteiger partial charge >= 0.3 is 0 Å². The summed E-state index contributed by atoms with van der Waals surface area (Å²) >= 11 is 3.22. The number of benzene rings is 2. The fourth-order valence-electron chi connectivity index (χ4n) is 1.71. The van der Waals surface area contributed by atoms with Crippen LogP contribution in [0.15, 0.2) is 53.0 Å².